The van der Waals surface area contributed by atoms with Crippen LogP contribution in [0.2, 0.25) is 0 Å². The van der Waals surface area contributed by atoms with Crippen molar-refractivity contribution in [2.75, 3.05) is 0 Å². The highest BCUT2D eigenvalue weighted by Gasteiger charge is 2.18. The van der Waals surface area contributed by atoms with Gasteiger partial charge in [-0.15, -0.1) is 0 Å². The topological polar surface area (TPSA) is 52.0 Å². The zero-order valence-corrected chi connectivity index (χ0v) is 10.5. The fourth-order valence-corrected chi connectivity index (χ4v) is 2.72. The molecule has 0 amide bonds. The standard InChI is InChI=1S/C10H11ClN2O2S/c1-7(2)13-10-8(6-12-13)4-3-5-9(10)16(11,14)15/h3-7H,1-2H3. The lowest BCUT2D eigenvalue weighted by Gasteiger charge is -2.09. The van der Waals surface area contributed by atoms with E-state index < -0.39 is 9.05 Å². The van der Waals surface area contributed by atoms with Gasteiger partial charge in [0.1, 0.15) is 4.90 Å². The van der Waals surface area contributed by atoms with Crippen LogP contribution in [0.1, 0.15) is 19.9 Å². The van der Waals surface area contributed by atoms with E-state index >= 15 is 0 Å². The van der Waals surface area contributed by atoms with Gasteiger partial charge in [0, 0.05) is 22.1 Å². The summed E-state index contributed by atoms with van der Waals surface area (Å²) < 4.78 is 24.5. The summed E-state index contributed by atoms with van der Waals surface area (Å²) in [6, 6.07) is 5.04. The fourth-order valence-electron chi connectivity index (χ4n) is 1.66. The number of para-hydroxylation sites is 1. The van der Waals surface area contributed by atoms with Crippen molar-refractivity contribution in [3.05, 3.63) is 24.4 Å². The van der Waals surface area contributed by atoms with Crippen molar-refractivity contribution in [3.8, 4) is 0 Å². The first-order valence-corrected chi connectivity index (χ1v) is 7.13. The van der Waals surface area contributed by atoms with Crippen molar-refractivity contribution in [2.45, 2.75) is 24.8 Å². The van der Waals surface area contributed by atoms with Crippen LogP contribution in [0.4, 0.5) is 0 Å². The number of benzene rings is 1. The largest absolute Gasteiger partial charge is 0.263 e. The molecule has 0 N–H and O–H groups in total. The Kier molecular flexibility index (Phi) is 2.67. The van der Waals surface area contributed by atoms with Crippen LogP contribution in [0.3, 0.4) is 0 Å². The highest BCUT2D eigenvalue weighted by molar-refractivity contribution is 8.14. The summed E-state index contributed by atoms with van der Waals surface area (Å²) in [6.45, 7) is 3.87. The minimum atomic E-state index is -3.74. The maximum Gasteiger partial charge on any atom is 0.263 e. The van der Waals surface area contributed by atoms with E-state index in [0.717, 1.165) is 5.39 Å². The zero-order chi connectivity index (χ0) is 11.9. The highest BCUT2D eigenvalue weighted by atomic mass is 35.7. The van der Waals surface area contributed by atoms with Gasteiger partial charge in [-0.2, -0.15) is 5.10 Å². The lowest BCUT2D eigenvalue weighted by atomic mass is 10.2. The molecule has 6 heteroatoms. The Labute approximate surface area is 98.2 Å². The lowest BCUT2D eigenvalue weighted by Crippen LogP contribution is -2.05. The van der Waals surface area contributed by atoms with Crippen molar-refractivity contribution in [2.24, 2.45) is 0 Å². The van der Waals surface area contributed by atoms with Crippen molar-refractivity contribution < 1.29 is 8.42 Å². The van der Waals surface area contributed by atoms with Crippen LogP contribution in [0, 0.1) is 0 Å². The van der Waals surface area contributed by atoms with Crippen LogP contribution in [0.15, 0.2) is 29.3 Å². The quantitative estimate of drug-likeness (QED) is 0.778. The number of halogens is 1. The van der Waals surface area contributed by atoms with Crippen LogP contribution in [0.25, 0.3) is 10.9 Å². The van der Waals surface area contributed by atoms with Crippen molar-refractivity contribution in [1.82, 2.24) is 9.78 Å². The van der Waals surface area contributed by atoms with Crippen LogP contribution < -0.4 is 0 Å². The van der Waals surface area contributed by atoms with Crippen molar-refractivity contribution in [3.63, 3.8) is 0 Å². The number of hydrogen-bond donors (Lipinski definition) is 0. The Morgan fingerprint density at radius 3 is 2.62 bits per heavy atom. The molecule has 0 saturated heterocycles. The highest BCUT2D eigenvalue weighted by Crippen LogP contribution is 2.27. The van der Waals surface area contributed by atoms with Crippen LogP contribution in [0.5, 0.6) is 0 Å². The number of hydrogen-bond acceptors (Lipinski definition) is 3. The summed E-state index contributed by atoms with van der Waals surface area (Å²) in [5.74, 6) is 0. The Bertz CT molecular complexity index is 631. The average molecular weight is 259 g/mol. The molecular weight excluding hydrogens is 248 g/mol. The normalized spacial score (nSPS) is 12.5. The molecule has 1 aromatic heterocycles. The minimum Gasteiger partial charge on any atom is -0.261 e. The van der Waals surface area contributed by atoms with E-state index in [1.54, 1.807) is 16.9 Å². The summed E-state index contributed by atoms with van der Waals surface area (Å²) >= 11 is 0. The van der Waals surface area contributed by atoms with Crippen LogP contribution in [-0.4, -0.2) is 18.2 Å². The van der Waals surface area contributed by atoms with Gasteiger partial charge in [-0.3, -0.25) is 4.68 Å². The molecule has 0 radical (unpaired) electrons. The summed E-state index contributed by atoms with van der Waals surface area (Å²) in [4.78, 5) is 0.109. The first kappa shape index (κ1) is 11.4. The smallest absolute Gasteiger partial charge is 0.261 e. The first-order valence-electron chi connectivity index (χ1n) is 4.82. The van der Waals surface area contributed by atoms with E-state index in [-0.39, 0.29) is 10.9 Å². The second-order valence-corrected chi connectivity index (χ2v) is 6.35. The third kappa shape index (κ3) is 1.81. The summed E-state index contributed by atoms with van der Waals surface area (Å²) in [7, 11) is 1.66. The zero-order valence-electron chi connectivity index (χ0n) is 8.88. The monoisotopic (exact) mass is 258 g/mol. The number of nitrogens with zero attached hydrogens (tertiary/aromatic N) is 2. The third-order valence-corrected chi connectivity index (χ3v) is 3.69. The molecule has 86 valence electrons. The fraction of sp³-hybridized carbons (Fsp3) is 0.300. The lowest BCUT2D eigenvalue weighted by molar-refractivity contribution is 0.547. The van der Waals surface area contributed by atoms with Gasteiger partial charge in [0.15, 0.2) is 0 Å². The molecule has 0 aliphatic heterocycles. The van der Waals surface area contributed by atoms with Gasteiger partial charge in [-0.25, -0.2) is 8.42 Å². The molecule has 0 spiro atoms. The van der Waals surface area contributed by atoms with Crippen molar-refractivity contribution in [1.29, 1.82) is 0 Å². The second-order valence-electron chi connectivity index (χ2n) is 3.81. The molecule has 1 heterocycles. The molecule has 0 saturated carbocycles. The van der Waals surface area contributed by atoms with Gasteiger partial charge in [0.05, 0.1) is 11.7 Å². The molecule has 4 nitrogen and oxygen atoms in total. The number of fused-ring (bicyclic) bond motifs is 1. The van der Waals surface area contributed by atoms with Gasteiger partial charge in [-0.1, -0.05) is 12.1 Å². The average Bonchev–Trinajstić information content (AvgIpc) is 2.58. The van der Waals surface area contributed by atoms with Crippen LogP contribution >= 0.6 is 10.7 Å². The Morgan fingerprint density at radius 1 is 1.38 bits per heavy atom. The predicted molar refractivity (Wildman–Crippen MR) is 63.2 cm³/mol. The Morgan fingerprint density at radius 2 is 2.06 bits per heavy atom. The van der Waals surface area contributed by atoms with E-state index in [2.05, 4.69) is 5.10 Å². The van der Waals surface area contributed by atoms with Crippen molar-refractivity contribution >= 4 is 30.6 Å². The van der Waals surface area contributed by atoms with E-state index in [0.29, 0.717) is 5.52 Å². The second kappa shape index (κ2) is 3.75. The molecule has 16 heavy (non-hydrogen) atoms. The van der Waals surface area contributed by atoms with E-state index in [4.69, 9.17) is 10.7 Å². The maximum absolute atomic E-state index is 11.4. The molecular formula is C10H11ClN2O2S. The summed E-state index contributed by atoms with van der Waals surface area (Å²) in [6.07, 6.45) is 1.64. The van der Waals surface area contributed by atoms with Gasteiger partial charge in [-0.05, 0) is 19.9 Å². The molecule has 0 atom stereocenters. The Hall–Kier alpha value is -1.07. The van der Waals surface area contributed by atoms with Gasteiger partial charge in [0.2, 0.25) is 0 Å². The Balaban J connectivity index is 2.89. The van der Waals surface area contributed by atoms with Gasteiger partial charge >= 0.3 is 0 Å². The molecule has 0 bridgehead atoms. The molecule has 0 aliphatic rings. The number of rotatable bonds is 2. The van der Waals surface area contributed by atoms with E-state index in [1.807, 2.05) is 19.9 Å². The predicted octanol–water partition coefficient (Wildman–Crippen LogP) is 2.54. The van der Waals surface area contributed by atoms with Crippen LogP contribution in [-0.2, 0) is 9.05 Å². The molecule has 2 aromatic rings. The minimum absolute atomic E-state index is 0.0806. The van der Waals surface area contributed by atoms with Gasteiger partial charge in [0.25, 0.3) is 9.05 Å². The summed E-state index contributed by atoms with van der Waals surface area (Å²) in [5, 5.41) is 4.94. The maximum atomic E-state index is 11.4. The SMILES string of the molecule is CC(C)n1ncc2cccc(S(=O)(=O)Cl)c21. The van der Waals surface area contributed by atoms with E-state index in [1.165, 1.54) is 6.07 Å². The van der Waals surface area contributed by atoms with Gasteiger partial charge < -0.3 is 0 Å². The molecule has 0 aliphatic carbocycles. The third-order valence-electron chi connectivity index (χ3n) is 2.33. The number of aromatic nitrogens is 2. The van der Waals surface area contributed by atoms with E-state index in [9.17, 15) is 8.42 Å². The molecule has 2 rings (SSSR count). The molecule has 0 fully saturated rings. The molecule has 1 aromatic carbocycles. The molecule has 0 unspecified atom stereocenters. The summed E-state index contributed by atoms with van der Waals surface area (Å²) in [5.41, 5.74) is 0.563. The first-order chi connectivity index (χ1) is 7.41.